The number of piperazine rings is 1. The van der Waals surface area contributed by atoms with Gasteiger partial charge in [-0.05, 0) is 38.2 Å². The molecule has 0 unspecified atom stereocenters. The predicted molar refractivity (Wildman–Crippen MR) is 144 cm³/mol. The summed E-state index contributed by atoms with van der Waals surface area (Å²) in [6.45, 7) is 9.27. The van der Waals surface area contributed by atoms with Crippen molar-refractivity contribution < 1.29 is 4.79 Å². The zero-order valence-electron chi connectivity index (χ0n) is 21.1. The molecule has 1 atom stereocenters. The number of hydrogen-bond donors (Lipinski definition) is 2. The first-order valence-corrected chi connectivity index (χ1v) is 13.9. The smallest absolute Gasteiger partial charge is 0.317 e. The van der Waals surface area contributed by atoms with Gasteiger partial charge in [-0.15, -0.1) is 5.10 Å². The Balaban J connectivity index is 1.36. The maximum Gasteiger partial charge on any atom is 0.317 e. The van der Waals surface area contributed by atoms with Gasteiger partial charge in [-0.25, -0.2) is 9.78 Å². The summed E-state index contributed by atoms with van der Waals surface area (Å²) >= 11 is 1.63. The molecule has 3 aromatic rings. The highest BCUT2D eigenvalue weighted by Gasteiger charge is 2.27. The van der Waals surface area contributed by atoms with Gasteiger partial charge < -0.3 is 20.4 Å². The largest absolute Gasteiger partial charge is 0.365 e. The number of amides is 2. The van der Waals surface area contributed by atoms with E-state index in [4.69, 9.17) is 10.1 Å². The van der Waals surface area contributed by atoms with Crippen LogP contribution < -0.4 is 15.5 Å². The molecule has 2 aliphatic rings. The van der Waals surface area contributed by atoms with Gasteiger partial charge in [-0.3, -0.25) is 0 Å². The number of aryl methyl sites for hydroxylation is 1. The molecule has 3 heterocycles. The van der Waals surface area contributed by atoms with Crippen molar-refractivity contribution in [2.75, 3.05) is 36.4 Å². The van der Waals surface area contributed by atoms with Crippen molar-refractivity contribution in [1.29, 1.82) is 0 Å². The fourth-order valence-corrected chi connectivity index (χ4v) is 5.82. The molecule has 0 radical (unpaired) electrons. The summed E-state index contributed by atoms with van der Waals surface area (Å²) in [6.07, 6.45) is 6.91. The van der Waals surface area contributed by atoms with Gasteiger partial charge >= 0.3 is 6.03 Å². The highest BCUT2D eigenvalue weighted by molar-refractivity contribution is 7.20. The minimum atomic E-state index is 0.0368. The van der Waals surface area contributed by atoms with Crippen LogP contribution in [0.1, 0.15) is 58.4 Å². The van der Waals surface area contributed by atoms with E-state index in [-0.39, 0.29) is 12.1 Å². The van der Waals surface area contributed by atoms with Crippen LogP contribution in [0, 0.1) is 0 Å². The Morgan fingerprint density at radius 3 is 2.49 bits per heavy atom. The normalized spacial score (nSPS) is 17.8. The second-order valence-electron chi connectivity index (χ2n) is 9.80. The number of benzene rings is 1. The number of nitrogens with one attached hydrogen (secondary N) is 2. The van der Waals surface area contributed by atoms with E-state index in [0.29, 0.717) is 19.1 Å². The lowest BCUT2D eigenvalue weighted by Gasteiger charge is -2.34. The van der Waals surface area contributed by atoms with E-state index < -0.39 is 0 Å². The Morgan fingerprint density at radius 1 is 1.11 bits per heavy atom. The molecule has 1 aliphatic carbocycles. The van der Waals surface area contributed by atoms with Gasteiger partial charge in [0.05, 0.1) is 0 Å². The highest BCUT2D eigenvalue weighted by atomic mass is 32.1. The van der Waals surface area contributed by atoms with Gasteiger partial charge in [-0.1, -0.05) is 62.3 Å². The lowest BCUT2D eigenvalue weighted by atomic mass is 10.1. The van der Waals surface area contributed by atoms with Gasteiger partial charge in [0.25, 0.3) is 0 Å². The molecule has 9 heteroatoms. The first-order valence-electron chi connectivity index (χ1n) is 13.1. The van der Waals surface area contributed by atoms with Crippen LogP contribution in [-0.4, -0.2) is 63.8 Å². The number of nitrogens with zero attached hydrogens (tertiary/aromatic N) is 5. The molecular weight excluding hydrogens is 458 g/mol. The third kappa shape index (κ3) is 5.10. The summed E-state index contributed by atoms with van der Waals surface area (Å²) in [5.74, 6) is 1.00. The highest BCUT2D eigenvalue weighted by Crippen LogP contribution is 2.35. The fraction of sp³-hybridized carbons (Fsp3) is 0.577. The van der Waals surface area contributed by atoms with Crippen LogP contribution in [-0.2, 0) is 6.42 Å². The van der Waals surface area contributed by atoms with Crippen molar-refractivity contribution in [3.8, 4) is 11.3 Å². The van der Waals surface area contributed by atoms with Crippen molar-refractivity contribution in [2.45, 2.75) is 71.4 Å². The van der Waals surface area contributed by atoms with Crippen molar-refractivity contribution in [1.82, 2.24) is 24.8 Å². The molecule has 2 fully saturated rings. The summed E-state index contributed by atoms with van der Waals surface area (Å²) in [7, 11) is 0. The van der Waals surface area contributed by atoms with Crippen molar-refractivity contribution >= 4 is 33.3 Å². The van der Waals surface area contributed by atoms with Gasteiger partial charge in [0.1, 0.15) is 5.69 Å². The molecule has 8 nitrogen and oxygen atoms in total. The van der Waals surface area contributed by atoms with Crippen molar-refractivity contribution in [3.05, 3.63) is 29.8 Å². The molecule has 0 bridgehead atoms. The summed E-state index contributed by atoms with van der Waals surface area (Å²) in [5, 5.41) is 12.8. The Kier molecular flexibility index (Phi) is 7.13. The predicted octanol–water partition coefficient (Wildman–Crippen LogP) is 5.00. The summed E-state index contributed by atoms with van der Waals surface area (Å²) in [5.41, 5.74) is 3.44. The Bertz CT molecular complexity index is 1140. The zero-order chi connectivity index (χ0) is 24.4. The lowest BCUT2D eigenvalue weighted by molar-refractivity contribution is 0.190. The summed E-state index contributed by atoms with van der Waals surface area (Å²) in [4.78, 5) is 22.6. The molecule has 0 spiro atoms. The molecule has 1 aliphatic heterocycles. The zero-order valence-corrected chi connectivity index (χ0v) is 21.9. The average Bonchev–Trinajstić information content (AvgIpc) is 3.62. The molecule has 2 amide bonds. The third-order valence-corrected chi connectivity index (χ3v) is 8.31. The van der Waals surface area contributed by atoms with Crippen molar-refractivity contribution in [2.24, 2.45) is 0 Å². The first kappa shape index (κ1) is 23.9. The second-order valence-corrected chi connectivity index (χ2v) is 10.7. The minimum absolute atomic E-state index is 0.0368. The monoisotopic (exact) mass is 495 g/mol. The third-order valence-electron chi connectivity index (χ3n) is 7.34. The Hall–Kier alpha value is -2.81. The molecule has 5 rings (SSSR count). The first-order chi connectivity index (χ1) is 17.1. The molecule has 1 saturated heterocycles. The minimum Gasteiger partial charge on any atom is -0.365 e. The number of carbonyl (C=O) groups excluding carboxylic acids is 1. The van der Waals surface area contributed by atoms with Gasteiger partial charge in [-0.2, -0.15) is 4.52 Å². The van der Waals surface area contributed by atoms with Crippen LogP contribution >= 0.6 is 11.3 Å². The Labute approximate surface area is 211 Å². The number of urea groups is 1. The van der Waals surface area contributed by atoms with Gasteiger partial charge in [0, 0.05) is 43.8 Å². The number of carbonyl (C=O) groups is 1. The van der Waals surface area contributed by atoms with E-state index >= 15 is 0 Å². The van der Waals surface area contributed by atoms with E-state index in [9.17, 15) is 4.79 Å². The maximum absolute atomic E-state index is 12.5. The number of hydrogen-bond acceptors (Lipinski definition) is 6. The fourth-order valence-electron chi connectivity index (χ4n) is 4.86. The maximum atomic E-state index is 12.5. The number of fused-ring (bicyclic) bond motifs is 1. The van der Waals surface area contributed by atoms with E-state index in [1.54, 1.807) is 11.3 Å². The topological polar surface area (TPSA) is 77.8 Å². The standard InChI is InChI=1S/C26H37N7OS/c1-4-18(3)27-24(34)31-14-16-32(17-15-31)26-30-33-23(28-21-8-6-7-9-21)22(29-25(33)35-26)20-12-10-19(5-2)11-13-20/h10-13,18,21,28H,4-9,14-17H2,1-3H3,(H,27,34)/t18-/m1/s1. The number of anilines is 2. The van der Waals surface area contributed by atoms with Crippen LogP contribution in [0.5, 0.6) is 0 Å². The lowest BCUT2D eigenvalue weighted by Crippen LogP contribution is -2.53. The van der Waals surface area contributed by atoms with Crippen LogP contribution in [0.25, 0.3) is 16.2 Å². The van der Waals surface area contributed by atoms with Gasteiger partial charge in [0.15, 0.2) is 5.82 Å². The molecule has 1 saturated carbocycles. The number of rotatable bonds is 7. The molecule has 2 N–H and O–H groups in total. The van der Waals surface area contributed by atoms with Gasteiger partial charge in [0.2, 0.25) is 10.1 Å². The molecule has 188 valence electrons. The second kappa shape index (κ2) is 10.4. The Morgan fingerprint density at radius 2 is 1.83 bits per heavy atom. The van der Waals surface area contributed by atoms with Crippen LogP contribution in [0.2, 0.25) is 0 Å². The average molecular weight is 496 g/mol. The molecule has 35 heavy (non-hydrogen) atoms. The van der Waals surface area contributed by atoms with E-state index in [2.05, 4.69) is 53.6 Å². The van der Waals surface area contributed by atoms with E-state index in [1.807, 2.05) is 16.3 Å². The summed E-state index contributed by atoms with van der Waals surface area (Å²) in [6, 6.07) is 9.45. The van der Waals surface area contributed by atoms with Crippen molar-refractivity contribution in [3.63, 3.8) is 0 Å². The van der Waals surface area contributed by atoms with Crippen LogP contribution in [0.4, 0.5) is 15.7 Å². The van der Waals surface area contributed by atoms with E-state index in [1.165, 1.54) is 31.2 Å². The number of aromatic nitrogens is 3. The SMILES string of the molecule is CCc1ccc(-c2nc3sc(N4CCN(C(=O)N[C@H](C)CC)CC4)nn3c2NC2CCCC2)cc1. The molecule has 2 aromatic heterocycles. The molecular formula is C26H37N7OS. The summed E-state index contributed by atoms with van der Waals surface area (Å²) < 4.78 is 2.00. The van der Waals surface area contributed by atoms with E-state index in [0.717, 1.165) is 53.1 Å². The quantitative estimate of drug-likeness (QED) is 0.482. The van der Waals surface area contributed by atoms with Crippen LogP contribution in [0.3, 0.4) is 0 Å². The number of imidazole rings is 1. The molecule has 1 aromatic carbocycles. The van der Waals surface area contributed by atoms with Crippen LogP contribution in [0.15, 0.2) is 24.3 Å².